The van der Waals surface area contributed by atoms with Crippen molar-refractivity contribution in [3.63, 3.8) is 0 Å². The molecule has 0 unspecified atom stereocenters. The maximum atomic E-state index is 12.6. The molecule has 4 aromatic rings. The Labute approximate surface area is 142 Å². The van der Waals surface area contributed by atoms with E-state index in [1.807, 2.05) is 48.5 Å². The van der Waals surface area contributed by atoms with Gasteiger partial charge in [-0.05, 0) is 36.2 Å². The zero-order valence-corrected chi connectivity index (χ0v) is 13.4. The molecule has 0 aliphatic carbocycles. The summed E-state index contributed by atoms with van der Waals surface area (Å²) in [6.45, 7) is 0.454. The Balaban J connectivity index is 1.77. The van der Waals surface area contributed by atoms with Crippen molar-refractivity contribution in [1.29, 1.82) is 0 Å². The highest BCUT2D eigenvalue weighted by Crippen LogP contribution is 2.17. The molecule has 2 N–H and O–H groups in total. The molecule has 120 valence electrons. The van der Waals surface area contributed by atoms with E-state index in [4.69, 9.17) is 17.3 Å². The Morgan fingerprint density at radius 1 is 1.08 bits per heavy atom. The van der Waals surface area contributed by atoms with Crippen LogP contribution < -0.4 is 11.4 Å². The highest BCUT2D eigenvalue weighted by molar-refractivity contribution is 6.30. The lowest BCUT2D eigenvalue weighted by atomic mass is 10.1. The lowest BCUT2D eigenvalue weighted by Crippen LogP contribution is -2.23. The summed E-state index contributed by atoms with van der Waals surface area (Å²) in [4.78, 5) is 16.9. The van der Waals surface area contributed by atoms with Gasteiger partial charge in [0.2, 0.25) is 5.95 Å². The number of aromatic nitrogens is 4. The van der Waals surface area contributed by atoms with Gasteiger partial charge in [0, 0.05) is 10.4 Å². The third-order valence-corrected chi connectivity index (χ3v) is 4.23. The maximum Gasteiger partial charge on any atom is 0.353 e. The van der Waals surface area contributed by atoms with Crippen LogP contribution in [0.3, 0.4) is 0 Å². The minimum atomic E-state index is -0.283. The molecule has 0 atom stereocenters. The van der Waals surface area contributed by atoms with E-state index < -0.39 is 0 Å². The first-order valence-electron chi connectivity index (χ1n) is 7.52. The van der Waals surface area contributed by atoms with Crippen LogP contribution in [0.2, 0.25) is 5.02 Å². The zero-order chi connectivity index (χ0) is 16.7. The number of nitrogen functional groups attached to an aromatic ring is 1. The number of benzene rings is 2. The maximum absolute atomic E-state index is 12.6. The van der Waals surface area contributed by atoms with Gasteiger partial charge in [-0.25, -0.2) is 18.9 Å². The average molecular weight is 340 g/mol. The molecule has 24 heavy (non-hydrogen) atoms. The van der Waals surface area contributed by atoms with E-state index in [1.165, 1.54) is 9.08 Å². The SMILES string of the molecule is Nc1nc2ccccc2c2nn(CCc3ccc(Cl)cc3)c(=O)n12. The predicted octanol–water partition coefficient (Wildman–Crippen LogP) is 2.52. The van der Waals surface area contributed by atoms with Crippen molar-refractivity contribution in [1.82, 2.24) is 19.2 Å². The molecule has 0 radical (unpaired) electrons. The van der Waals surface area contributed by atoms with Crippen LogP contribution in [0.25, 0.3) is 16.6 Å². The van der Waals surface area contributed by atoms with Crippen molar-refractivity contribution < 1.29 is 0 Å². The fourth-order valence-electron chi connectivity index (χ4n) is 2.75. The minimum Gasteiger partial charge on any atom is -0.369 e. The molecule has 2 aromatic carbocycles. The number of hydrogen-bond donors (Lipinski definition) is 1. The van der Waals surface area contributed by atoms with Crippen LogP contribution in [0.4, 0.5) is 5.95 Å². The van der Waals surface area contributed by atoms with Crippen LogP contribution in [-0.4, -0.2) is 19.2 Å². The molecule has 0 aliphatic heterocycles. The second-order valence-corrected chi connectivity index (χ2v) is 5.96. The molecule has 0 saturated carbocycles. The molecule has 0 amide bonds. The summed E-state index contributed by atoms with van der Waals surface area (Å²) in [6, 6.07) is 15.0. The molecule has 7 heteroatoms. The van der Waals surface area contributed by atoms with Gasteiger partial charge < -0.3 is 5.73 Å². The first kappa shape index (κ1) is 14.7. The quantitative estimate of drug-likeness (QED) is 0.622. The highest BCUT2D eigenvalue weighted by Gasteiger charge is 2.13. The fraction of sp³-hybridized carbons (Fsp3) is 0.118. The summed E-state index contributed by atoms with van der Waals surface area (Å²) in [5, 5.41) is 5.94. The smallest absolute Gasteiger partial charge is 0.353 e. The number of nitrogens with zero attached hydrogens (tertiary/aromatic N) is 4. The van der Waals surface area contributed by atoms with Gasteiger partial charge in [0.05, 0.1) is 12.1 Å². The van der Waals surface area contributed by atoms with Crippen molar-refractivity contribution >= 4 is 34.1 Å². The minimum absolute atomic E-state index is 0.145. The molecule has 2 heterocycles. The third-order valence-electron chi connectivity index (χ3n) is 3.97. The predicted molar refractivity (Wildman–Crippen MR) is 94.3 cm³/mol. The van der Waals surface area contributed by atoms with E-state index in [-0.39, 0.29) is 11.6 Å². The summed E-state index contributed by atoms with van der Waals surface area (Å²) in [5.74, 6) is 0.145. The molecule has 0 spiro atoms. The third kappa shape index (κ3) is 2.41. The van der Waals surface area contributed by atoms with Crippen molar-refractivity contribution in [2.45, 2.75) is 13.0 Å². The molecule has 0 fully saturated rings. The van der Waals surface area contributed by atoms with Gasteiger partial charge in [-0.1, -0.05) is 35.9 Å². The Kier molecular flexibility index (Phi) is 3.46. The fourth-order valence-corrected chi connectivity index (χ4v) is 2.88. The number of para-hydroxylation sites is 1. The molecular formula is C17H14ClN5O. The Hall–Kier alpha value is -2.86. The molecular weight excluding hydrogens is 326 g/mol. The van der Waals surface area contributed by atoms with Crippen LogP contribution in [0.5, 0.6) is 0 Å². The van der Waals surface area contributed by atoms with Crippen molar-refractivity contribution in [3.8, 4) is 0 Å². The van der Waals surface area contributed by atoms with E-state index in [2.05, 4.69) is 10.1 Å². The number of aryl methyl sites for hydroxylation is 2. The van der Waals surface area contributed by atoms with Crippen LogP contribution in [0, 0.1) is 0 Å². The first-order chi connectivity index (χ1) is 11.6. The Bertz CT molecular complexity index is 1100. The zero-order valence-electron chi connectivity index (χ0n) is 12.7. The highest BCUT2D eigenvalue weighted by atomic mass is 35.5. The summed E-state index contributed by atoms with van der Waals surface area (Å²) < 4.78 is 2.78. The summed E-state index contributed by atoms with van der Waals surface area (Å²) >= 11 is 5.89. The second-order valence-electron chi connectivity index (χ2n) is 5.53. The lowest BCUT2D eigenvalue weighted by Gasteiger charge is -2.00. The second kappa shape index (κ2) is 5.65. The number of anilines is 1. The van der Waals surface area contributed by atoms with Crippen molar-refractivity contribution in [2.75, 3.05) is 5.73 Å². The van der Waals surface area contributed by atoms with Crippen molar-refractivity contribution in [2.24, 2.45) is 0 Å². The number of nitrogens with two attached hydrogens (primary N) is 1. The number of hydrogen-bond acceptors (Lipinski definition) is 4. The standard InChI is InChI=1S/C17H14ClN5O/c18-12-7-5-11(6-8-12)9-10-22-17(24)23-15(21-22)13-3-1-2-4-14(13)20-16(23)19/h1-8H,9-10H2,(H2,19,20). The number of halogens is 1. The summed E-state index contributed by atoms with van der Waals surface area (Å²) in [7, 11) is 0. The Morgan fingerprint density at radius 2 is 1.83 bits per heavy atom. The van der Waals surface area contributed by atoms with Crippen LogP contribution >= 0.6 is 11.6 Å². The van der Waals surface area contributed by atoms with Gasteiger partial charge in [0.25, 0.3) is 0 Å². The summed E-state index contributed by atoms with van der Waals surface area (Å²) in [5.41, 5.74) is 7.99. The van der Waals surface area contributed by atoms with Crippen LogP contribution in [0.1, 0.15) is 5.56 Å². The molecule has 0 bridgehead atoms. The van der Waals surface area contributed by atoms with E-state index in [0.29, 0.717) is 23.6 Å². The lowest BCUT2D eigenvalue weighted by molar-refractivity contribution is 0.593. The van der Waals surface area contributed by atoms with Gasteiger partial charge in [0.1, 0.15) is 0 Å². The van der Waals surface area contributed by atoms with E-state index >= 15 is 0 Å². The van der Waals surface area contributed by atoms with Crippen molar-refractivity contribution in [3.05, 3.63) is 69.6 Å². The number of fused-ring (bicyclic) bond motifs is 3. The molecule has 0 aliphatic rings. The van der Waals surface area contributed by atoms with Gasteiger partial charge in [-0.2, -0.15) is 0 Å². The van der Waals surface area contributed by atoms with Crippen LogP contribution in [0.15, 0.2) is 53.3 Å². The summed E-state index contributed by atoms with van der Waals surface area (Å²) in [6.07, 6.45) is 0.673. The molecule has 4 rings (SSSR count). The molecule has 2 aromatic heterocycles. The molecule has 0 saturated heterocycles. The van der Waals surface area contributed by atoms with Gasteiger partial charge in [-0.15, -0.1) is 5.10 Å². The van der Waals surface area contributed by atoms with E-state index in [0.717, 1.165) is 16.5 Å². The molecule has 6 nitrogen and oxygen atoms in total. The van der Waals surface area contributed by atoms with E-state index in [9.17, 15) is 4.79 Å². The normalized spacial score (nSPS) is 11.4. The average Bonchev–Trinajstić information content (AvgIpc) is 2.92. The van der Waals surface area contributed by atoms with Gasteiger partial charge in [0.15, 0.2) is 5.65 Å². The Morgan fingerprint density at radius 3 is 2.62 bits per heavy atom. The van der Waals surface area contributed by atoms with Crippen LogP contribution in [-0.2, 0) is 13.0 Å². The number of rotatable bonds is 3. The van der Waals surface area contributed by atoms with Gasteiger partial charge in [-0.3, -0.25) is 0 Å². The largest absolute Gasteiger partial charge is 0.369 e. The monoisotopic (exact) mass is 339 g/mol. The first-order valence-corrected chi connectivity index (χ1v) is 7.89. The topological polar surface area (TPSA) is 78.2 Å². The van der Waals surface area contributed by atoms with Gasteiger partial charge >= 0.3 is 5.69 Å². The van der Waals surface area contributed by atoms with E-state index in [1.54, 1.807) is 0 Å².